The van der Waals surface area contributed by atoms with Gasteiger partial charge in [-0.1, -0.05) is 27.7 Å². The van der Waals surface area contributed by atoms with Crippen molar-refractivity contribution in [3.05, 3.63) is 0 Å². The molecule has 0 amide bonds. The van der Waals surface area contributed by atoms with Gasteiger partial charge in [0.2, 0.25) is 0 Å². The number of rotatable bonds is 6. The van der Waals surface area contributed by atoms with E-state index in [1.807, 2.05) is 7.05 Å². The van der Waals surface area contributed by atoms with Gasteiger partial charge in [-0.2, -0.15) is 0 Å². The van der Waals surface area contributed by atoms with Crippen molar-refractivity contribution in [3.8, 4) is 0 Å². The van der Waals surface area contributed by atoms with Crippen molar-refractivity contribution < 1.29 is 4.74 Å². The van der Waals surface area contributed by atoms with E-state index in [1.165, 1.54) is 0 Å². The minimum Gasteiger partial charge on any atom is -0.363 e. The Labute approximate surface area is 76.7 Å². The Morgan fingerprint density at radius 1 is 1.08 bits per heavy atom. The Kier molecular flexibility index (Phi) is 6.39. The minimum absolute atomic E-state index is 0.229. The van der Waals surface area contributed by atoms with Gasteiger partial charge in [0.25, 0.3) is 0 Å². The van der Waals surface area contributed by atoms with E-state index in [9.17, 15) is 0 Å². The van der Waals surface area contributed by atoms with Crippen LogP contribution in [-0.2, 0) is 4.74 Å². The smallest absolute Gasteiger partial charge is 0.108 e. The molecular formula is C10H23NO. The predicted molar refractivity (Wildman–Crippen MR) is 53.1 cm³/mol. The molecule has 0 aliphatic rings. The summed E-state index contributed by atoms with van der Waals surface area (Å²) in [5, 5.41) is 3.17. The summed E-state index contributed by atoms with van der Waals surface area (Å²) in [5.74, 6) is 1.31. The molecule has 0 aliphatic heterocycles. The van der Waals surface area contributed by atoms with Crippen molar-refractivity contribution in [1.29, 1.82) is 0 Å². The van der Waals surface area contributed by atoms with E-state index in [0.717, 1.165) is 13.0 Å². The van der Waals surface area contributed by atoms with E-state index in [2.05, 4.69) is 33.0 Å². The van der Waals surface area contributed by atoms with Gasteiger partial charge in [0.15, 0.2) is 0 Å². The summed E-state index contributed by atoms with van der Waals surface area (Å²) >= 11 is 0. The third-order valence-corrected chi connectivity index (χ3v) is 1.64. The van der Waals surface area contributed by atoms with Gasteiger partial charge < -0.3 is 4.74 Å². The molecule has 74 valence electrons. The first kappa shape index (κ1) is 11.9. The Bertz CT molecular complexity index is 102. The molecule has 1 atom stereocenters. The summed E-state index contributed by atoms with van der Waals surface area (Å²) in [6.07, 6.45) is 1.32. The summed E-state index contributed by atoms with van der Waals surface area (Å²) in [5.41, 5.74) is 0. The molecule has 0 unspecified atom stereocenters. The second-order valence-corrected chi connectivity index (χ2v) is 4.13. The van der Waals surface area contributed by atoms with E-state index < -0.39 is 0 Å². The first-order chi connectivity index (χ1) is 5.56. The van der Waals surface area contributed by atoms with Gasteiger partial charge in [0.05, 0.1) is 6.61 Å². The maximum absolute atomic E-state index is 5.65. The topological polar surface area (TPSA) is 21.3 Å². The zero-order valence-electron chi connectivity index (χ0n) is 9.05. The van der Waals surface area contributed by atoms with Crippen molar-refractivity contribution >= 4 is 0 Å². The van der Waals surface area contributed by atoms with Crippen LogP contribution >= 0.6 is 0 Å². The second kappa shape index (κ2) is 6.44. The van der Waals surface area contributed by atoms with Gasteiger partial charge in [-0.15, -0.1) is 0 Å². The van der Waals surface area contributed by atoms with Crippen LogP contribution in [0.1, 0.15) is 34.1 Å². The Morgan fingerprint density at radius 3 is 2.00 bits per heavy atom. The van der Waals surface area contributed by atoms with Gasteiger partial charge >= 0.3 is 0 Å². The van der Waals surface area contributed by atoms with Gasteiger partial charge in [0, 0.05) is 0 Å². The van der Waals surface area contributed by atoms with Crippen LogP contribution in [0.25, 0.3) is 0 Å². The molecule has 0 fully saturated rings. The Balaban J connectivity index is 3.53. The molecule has 0 heterocycles. The fraction of sp³-hybridized carbons (Fsp3) is 1.00. The highest BCUT2D eigenvalue weighted by molar-refractivity contribution is 4.56. The van der Waals surface area contributed by atoms with Crippen LogP contribution in [0.15, 0.2) is 0 Å². The largest absolute Gasteiger partial charge is 0.363 e. The van der Waals surface area contributed by atoms with E-state index in [4.69, 9.17) is 4.74 Å². The van der Waals surface area contributed by atoms with Crippen LogP contribution in [0.2, 0.25) is 0 Å². The number of hydrogen-bond donors (Lipinski definition) is 1. The lowest BCUT2D eigenvalue weighted by atomic mass is 10.1. The van der Waals surface area contributed by atoms with Crippen LogP contribution in [0.5, 0.6) is 0 Å². The second-order valence-electron chi connectivity index (χ2n) is 4.13. The average Bonchev–Trinajstić information content (AvgIpc) is 1.97. The van der Waals surface area contributed by atoms with Gasteiger partial charge in [-0.25, -0.2) is 0 Å². The number of ether oxygens (including phenoxy) is 1. The monoisotopic (exact) mass is 173 g/mol. The third kappa shape index (κ3) is 6.62. The summed E-state index contributed by atoms with van der Waals surface area (Å²) in [6, 6.07) is 0. The summed E-state index contributed by atoms with van der Waals surface area (Å²) < 4.78 is 5.65. The van der Waals surface area contributed by atoms with Crippen molar-refractivity contribution in [2.24, 2.45) is 11.8 Å². The Hall–Kier alpha value is -0.0800. The fourth-order valence-corrected chi connectivity index (χ4v) is 1.01. The molecule has 0 saturated carbocycles. The lowest BCUT2D eigenvalue weighted by molar-refractivity contribution is 0.00686. The molecule has 0 aromatic carbocycles. The summed E-state index contributed by atoms with van der Waals surface area (Å²) in [6.45, 7) is 9.61. The highest BCUT2D eigenvalue weighted by Crippen LogP contribution is 2.06. The van der Waals surface area contributed by atoms with Gasteiger partial charge in [0.1, 0.15) is 6.23 Å². The van der Waals surface area contributed by atoms with E-state index in [-0.39, 0.29) is 6.23 Å². The number of hydrogen-bond acceptors (Lipinski definition) is 2. The summed E-state index contributed by atoms with van der Waals surface area (Å²) in [4.78, 5) is 0. The quantitative estimate of drug-likeness (QED) is 0.622. The van der Waals surface area contributed by atoms with E-state index in [1.54, 1.807) is 0 Å². The van der Waals surface area contributed by atoms with E-state index in [0.29, 0.717) is 11.8 Å². The molecule has 1 N–H and O–H groups in total. The lowest BCUT2D eigenvalue weighted by Crippen LogP contribution is -2.31. The van der Waals surface area contributed by atoms with Gasteiger partial charge in [-0.05, 0) is 25.3 Å². The van der Waals surface area contributed by atoms with Crippen LogP contribution in [0, 0.1) is 11.8 Å². The first-order valence-corrected chi connectivity index (χ1v) is 4.85. The molecule has 2 heteroatoms. The van der Waals surface area contributed by atoms with Crippen molar-refractivity contribution in [2.75, 3.05) is 13.7 Å². The van der Waals surface area contributed by atoms with Crippen LogP contribution in [0.4, 0.5) is 0 Å². The summed E-state index contributed by atoms with van der Waals surface area (Å²) in [7, 11) is 1.95. The SMILES string of the molecule is CN[C@H](CC(C)C)OCC(C)C. The lowest BCUT2D eigenvalue weighted by Gasteiger charge is -2.20. The van der Waals surface area contributed by atoms with Crippen LogP contribution in [0.3, 0.4) is 0 Å². The standard InChI is InChI=1S/C10H23NO/c1-8(2)6-10(11-5)12-7-9(3)4/h8-11H,6-7H2,1-5H3/t10-/m0/s1. The molecule has 0 radical (unpaired) electrons. The van der Waals surface area contributed by atoms with Crippen LogP contribution < -0.4 is 5.32 Å². The van der Waals surface area contributed by atoms with Crippen molar-refractivity contribution in [2.45, 2.75) is 40.3 Å². The van der Waals surface area contributed by atoms with Gasteiger partial charge in [-0.3, -0.25) is 5.32 Å². The minimum atomic E-state index is 0.229. The van der Waals surface area contributed by atoms with Crippen molar-refractivity contribution in [3.63, 3.8) is 0 Å². The molecule has 0 rings (SSSR count). The average molecular weight is 173 g/mol. The Morgan fingerprint density at radius 2 is 1.67 bits per heavy atom. The fourth-order valence-electron chi connectivity index (χ4n) is 1.01. The molecule has 0 aromatic rings. The predicted octanol–water partition coefficient (Wildman–Crippen LogP) is 2.25. The highest BCUT2D eigenvalue weighted by Gasteiger charge is 2.08. The molecule has 0 aromatic heterocycles. The zero-order chi connectivity index (χ0) is 9.56. The third-order valence-electron chi connectivity index (χ3n) is 1.64. The molecule has 0 spiro atoms. The highest BCUT2D eigenvalue weighted by atomic mass is 16.5. The van der Waals surface area contributed by atoms with E-state index >= 15 is 0 Å². The molecule has 12 heavy (non-hydrogen) atoms. The molecule has 2 nitrogen and oxygen atoms in total. The molecular weight excluding hydrogens is 150 g/mol. The zero-order valence-corrected chi connectivity index (χ0v) is 9.05. The molecule has 0 aliphatic carbocycles. The molecule has 0 bridgehead atoms. The normalized spacial score (nSPS) is 14.2. The first-order valence-electron chi connectivity index (χ1n) is 4.85. The molecule has 0 saturated heterocycles. The maximum atomic E-state index is 5.65. The van der Waals surface area contributed by atoms with Crippen LogP contribution in [-0.4, -0.2) is 19.9 Å². The number of nitrogens with one attached hydrogen (secondary N) is 1. The van der Waals surface area contributed by atoms with Crippen molar-refractivity contribution in [1.82, 2.24) is 5.32 Å². The maximum Gasteiger partial charge on any atom is 0.108 e.